The average Bonchev–Trinajstić information content (AvgIpc) is 3.90. The molecular formula is C52H35NO2. The van der Waals surface area contributed by atoms with Gasteiger partial charge >= 0.3 is 0 Å². The van der Waals surface area contributed by atoms with Gasteiger partial charge in [-0.2, -0.15) is 0 Å². The van der Waals surface area contributed by atoms with Crippen molar-refractivity contribution in [3.05, 3.63) is 212 Å². The van der Waals surface area contributed by atoms with E-state index in [1.807, 2.05) is 36.4 Å². The second-order valence-corrected chi connectivity index (χ2v) is 13.8. The summed E-state index contributed by atoms with van der Waals surface area (Å²) in [5.41, 5.74) is 14.2. The summed E-state index contributed by atoms with van der Waals surface area (Å²) in [6.45, 7) is 0. The molecule has 10 aromatic rings. The van der Waals surface area contributed by atoms with Gasteiger partial charge in [0, 0.05) is 39.0 Å². The highest BCUT2D eigenvalue weighted by atomic mass is 16.3. The Bertz CT molecular complexity index is 2680. The van der Waals surface area contributed by atoms with Crippen LogP contribution in [-0.4, -0.2) is 0 Å². The van der Waals surface area contributed by atoms with E-state index in [4.69, 9.17) is 8.83 Å². The predicted molar refractivity (Wildman–Crippen MR) is 228 cm³/mol. The van der Waals surface area contributed by atoms with E-state index in [1.165, 1.54) is 27.8 Å². The van der Waals surface area contributed by atoms with Gasteiger partial charge in [-0.15, -0.1) is 0 Å². The van der Waals surface area contributed by atoms with Crippen molar-refractivity contribution in [1.29, 1.82) is 0 Å². The largest absolute Gasteiger partial charge is 0.456 e. The van der Waals surface area contributed by atoms with Gasteiger partial charge in [-0.3, -0.25) is 0 Å². The molecule has 10 rings (SSSR count). The number of nitrogens with zero attached hydrogens (tertiary/aromatic N) is 1. The Morgan fingerprint density at radius 3 is 0.909 bits per heavy atom. The minimum atomic E-state index is 0.856. The molecule has 0 spiro atoms. The summed E-state index contributed by atoms with van der Waals surface area (Å²) in [7, 11) is 0. The maximum Gasteiger partial charge on any atom is 0.135 e. The fourth-order valence-electron chi connectivity index (χ4n) is 7.39. The fraction of sp³-hybridized carbons (Fsp3) is 0. The van der Waals surface area contributed by atoms with Gasteiger partial charge in [0.25, 0.3) is 0 Å². The van der Waals surface area contributed by atoms with E-state index in [1.54, 1.807) is 0 Å². The van der Waals surface area contributed by atoms with E-state index < -0.39 is 0 Å². The molecule has 0 saturated heterocycles. The Hall–Kier alpha value is -7.36. The Kier molecular flexibility index (Phi) is 8.16. The number of furan rings is 2. The van der Waals surface area contributed by atoms with Crippen molar-refractivity contribution in [2.24, 2.45) is 0 Å². The first-order valence-corrected chi connectivity index (χ1v) is 18.6. The number of anilines is 3. The number of fused-ring (bicyclic) bond motifs is 2. The predicted octanol–water partition coefficient (Wildman–Crippen LogP) is 15.0. The Morgan fingerprint density at radius 2 is 0.545 bits per heavy atom. The van der Waals surface area contributed by atoms with Crippen LogP contribution in [0.3, 0.4) is 0 Å². The molecule has 55 heavy (non-hydrogen) atoms. The summed E-state index contributed by atoms with van der Waals surface area (Å²) in [5.74, 6) is 1.71. The number of hydrogen-bond acceptors (Lipinski definition) is 3. The highest BCUT2D eigenvalue weighted by molar-refractivity contribution is 5.86. The molecule has 0 radical (unpaired) electrons. The van der Waals surface area contributed by atoms with Gasteiger partial charge in [-0.25, -0.2) is 0 Å². The van der Waals surface area contributed by atoms with Crippen molar-refractivity contribution in [2.75, 3.05) is 4.90 Å². The van der Waals surface area contributed by atoms with Crippen LogP contribution in [0, 0.1) is 0 Å². The van der Waals surface area contributed by atoms with Crippen molar-refractivity contribution in [3.63, 3.8) is 0 Å². The van der Waals surface area contributed by atoms with Crippen molar-refractivity contribution in [1.82, 2.24) is 0 Å². The zero-order valence-electron chi connectivity index (χ0n) is 30.0. The van der Waals surface area contributed by atoms with Crippen LogP contribution in [0.5, 0.6) is 0 Å². The maximum absolute atomic E-state index is 6.19. The Balaban J connectivity index is 0.948. The molecule has 2 heterocycles. The standard InChI is InChI=1S/C52H35NO2/c1-2-8-36(9-3-1)37-14-16-38(17-15-37)39-18-20-40(21-19-39)41-22-28-46(29-23-41)53(47-30-24-42(25-31-47)51-34-44-10-4-6-12-49(44)54-51)48-32-26-43(27-33-48)52-35-45-11-5-7-13-50(45)55-52/h1-35H. The van der Waals surface area contributed by atoms with E-state index in [0.29, 0.717) is 0 Å². The van der Waals surface area contributed by atoms with Gasteiger partial charge < -0.3 is 13.7 Å². The van der Waals surface area contributed by atoms with E-state index in [-0.39, 0.29) is 0 Å². The second kappa shape index (κ2) is 13.9. The van der Waals surface area contributed by atoms with E-state index in [2.05, 4.69) is 181 Å². The van der Waals surface area contributed by atoms with Gasteiger partial charge in [-0.1, -0.05) is 127 Å². The van der Waals surface area contributed by atoms with Crippen molar-refractivity contribution >= 4 is 39.0 Å². The molecule has 0 unspecified atom stereocenters. The first-order valence-electron chi connectivity index (χ1n) is 18.6. The van der Waals surface area contributed by atoms with Crippen molar-refractivity contribution in [2.45, 2.75) is 0 Å². The summed E-state index contributed by atoms with van der Waals surface area (Å²) in [6.07, 6.45) is 0. The first-order chi connectivity index (χ1) is 27.2. The van der Waals surface area contributed by atoms with E-state index in [9.17, 15) is 0 Å². The van der Waals surface area contributed by atoms with Crippen LogP contribution in [0.15, 0.2) is 221 Å². The molecule has 0 atom stereocenters. The molecule has 0 bridgehead atoms. The first kappa shape index (κ1) is 32.3. The third-order valence-electron chi connectivity index (χ3n) is 10.3. The Labute approximate surface area is 320 Å². The molecule has 2 aromatic heterocycles. The lowest BCUT2D eigenvalue weighted by molar-refractivity contribution is 0.631. The second-order valence-electron chi connectivity index (χ2n) is 13.8. The Morgan fingerprint density at radius 1 is 0.255 bits per heavy atom. The van der Waals surface area contributed by atoms with Crippen molar-refractivity contribution < 1.29 is 8.83 Å². The van der Waals surface area contributed by atoms with Crippen LogP contribution < -0.4 is 4.90 Å². The third-order valence-corrected chi connectivity index (χ3v) is 10.3. The highest BCUT2D eigenvalue weighted by Crippen LogP contribution is 2.39. The zero-order chi connectivity index (χ0) is 36.6. The maximum atomic E-state index is 6.19. The summed E-state index contributed by atoms with van der Waals surface area (Å²) in [4.78, 5) is 2.29. The van der Waals surface area contributed by atoms with Gasteiger partial charge in [-0.05, 0) is 118 Å². The SMILES string of the molecule is c1ccc(-c2ccc(-c3ccc(-c4ccc(N(c5ccc(-c6cc7ccccc7o6)cc5)c5ccc(-c6cc7ccccc7o6)cc5)cc4)cc3)cc2)cc1. The average molecular weight is 706 g/mol. The van der Waals surface area contributed by atoms with Crippen LogP contribution in [0.25, 0.3) is 78.0 Å². The van der Waals surface area contributed by atoms with Gasteiger partial charge in [0.15, 0.2) is 0 Å². The number of benzene rings is 8. The monoisotopic (exact) mass is 705 g/mol. The molecule has 0 aliphatic heterocycles. The van der Waals surface area contributed by atoms with Crippen LogP contribution >= 0.6 is 0 Å². The number of para-hydroxylation sites is 2. The molecule has 3 nitrogen and oxygen atoms in total. The van der Waals surface area contributed by atoms with Crippen LogP contribution in [-0.2, 0) is 0 Å². The third kappa shape index (κ3) is 6.39. The highest BCUT2D eigenvalue weighted by Gasteiger charge is 2.16. The van der Waals surface area contributed by atoms with Gasteiger partial charge in [0.1, 0.15) is 22.7 Å². The fourth-order valence-corrected chi connectivity index (χ4v) is 7.39. The smallest absolute Gasteiger partial charge is 0.135 e. The molecule has 0 N–H and O–H groups in total. The van der Waals surface area contributed by atoms with Crippen LogP contribution in [0.2, 0.25) is 0 Å². The quantitative estimate of drug-likeness (QED) is 0.158. The van der Waals surface area contributed by atoms with Gasteiger partial charge in [0.05, 0.1) is 0 Å². The molecule has 260 valence electrons. The minimum Gasteiger partial charge on any atom is -0.456 e. The molecule has 0 saturated carbocycles. The molecule has 3 heteroatoms. The molecule has 8 aromatic carbocycles. The lowest BCUT2D eigenvalue weighted by atomic mass is 9.98. The lowest BCUT2D eigenvalue weighted by Crippen LogP contribution is -2.09. The number of rotatable bonds is 8. The summed E-state index contributed by atoms with van der Waals surface area (Å²) in [6, 6.07) is 74.6. The normalized spacial score (nSPS) is 11.3. The minimum absolute atomic E-state index is 0.856. The topological polar surface area (TPSA) is 29.5 Å². The lowest BCUT2D eigenvalue weighted by Gasteiger charge is -2.26. The number of hydrogen-bond donors (Lipinski definition) is 0. The molecule has 0 fully saturated rings. The molecule has 0 aliphatic rings. The van der Waals surface area contributed by atoms with E-state index >= 15 is 0 Å². The summed E-state index contributed by atoms with van der Waals surface area (Å²) >= 11 is 0. The summed E-state index contributed by atoms with van der Waals surface area (Å²) < 4.78 is 12.4. The molecular weight excluding hydrogens is 671 g/mol. The summed E-state index contributed by atoms with van der Waals surface area (Å²) in [5, 5.41) is 2.19. The van der Waals surface area contributed by atoms with Gasteiger partial charge in [0.2, 0.25) is 0 Å². The molecule has 0 amide bonds. The van der Waals surface area contributed by atoms with Crippen LogP contribution in [0.1, 0.15) is 0 Å². The molecule has 0 aliphatic carbocycles. The van der Waals surface area contributed by atoms with E-state index in [0.717, 1.165) is 67.2 Å². The van der Waals surface area contributed by atoms with Crippen molar-refractivity contribution in [3.8, 4) is 56.0 Å². The zero-order valence-corrected chi connectivity index (χ0v) is 30.0. The van der Waals surface area contributed by atoms with Crippen LogP contribution in [0.4, 0.5) is 17.1 Å².